The largest absolute Gasteiger partial charge is 0.445 e. The third-order valence-electron chi connectivity index (χ3n) is 4.59. The fraction of sp³-hybridized carbons (Fsp3) is 0.217. The number of benzene rings is 3. The summed E-state index contributed by atoms with van der Waals surface area (Å²) < 4.78 is 5.17. The molecule has 0 spiro atoms. The predicted octanol–water partition coefficient (Wildman–Crippen LogP) is 4.33. The van der Waals surface area contributed by atoms with Crippen molar-refractivity contribution in [3.8, 4) is 0 Å². The standard InChI is InChI=1S/C23H24N2O3/c1-16(20-14-8-12-19-11-6-7-13-21(19)20)24-22(26)17(2)25-23(27)28-15-18-9-4-3-5-10-18/h3-14,16-17H,15H2,1-2H3,(H,24,26)(H,25,27)/t16-,17+/m0/s1. The molecule has 2 atom stereocenters. The van der Waals surface area contributed by atoms with E-state index in [1.54, 1.807) is 6.92 Å². The molecule has 0 aliphatic rings. The summed E-state index contributed by atoms with van der Waals surface area (Å²) in [5, 5.41) is 7.75. The molecule has 0 heterocycles. The summed E-state index contributed by atoms with van der Waals surface area (Å²) in [6, 6.07) is 22.6. The van der Waals surface area contributed by atoms with E-state index in [2.05, 4.69) is 10.6 Å². The minimum Gasteiger partial charge on any atom is -0.445 e. The van der Waals surface area contributed by atoms with Crippen molar-refractivity contribution in [2.75, 3.05) is 0 Å². The van der Waals surface area contributed by atoms with Crippen molar-refractivity contribution in [1.82, 2.24) is 10.6 Å². The molecule has 0 saturated heterocycles. The van der Waals surface area contributed by atoms with Crippen LogP contribution >= 0.6 is 0 Å². The van der Waals surface area contributed by atoms with Crippen molar-refractivity contribution in [3.63, 3.8) is 0 Å². The first kappa shape index (κ1) is 19.4. The smallest absolute Gasteiger partial charge is 0.408 e. The second kappa shape index (κ2) is 9.04. The number of hydrogen-bond donors (Lipinski definition) is 2. The molecule has 0 aliphatic heterocycles. The minimum atomic E-state index is -0.708. The topological polar surface area (TPSA) is 67.4 Å². The van der Waals surface area contributed by atoms with Crippen molar-refractivity contribution in [3.05, 3.63) is 83.9 Å². The number of nitrogens with one attached hydrogen (secondary N) is 2. The van der Waals surface area contributed by atoms with E-state index < -0.39 is 12.1 Å². The Morgan fingerprint density at radius 1 is 0.857 bits per heavy atom. The number of carbonyl (C=O) groups excluding carboxylic acids is 2. The Hall–Kier alpha value is -3.34. The van der Waals surface area contributed by atoms with Crippen LogP contribution in [0.1, 0.15) is 31.0 Å². The molecule has 144 valence electrons. The predicted molar refractivity (Wildman–Crippen MR) is 110 cm³/mol. The molecule has 0 aromatic heterocycles. The van der Waals surface area contributed by atoms with E-state index in [1.165, 1.54) is 0 Å². The first-order valence-electron chi connectivity index (χ1n) is 9.30. The molecule has 0 radical (unpaired) electrons. The summed E-state index contributed by atoms with van der Waals surface area (Å²) in [5.41, 5.74) is 1.92. The van der Waals surface area contributed by atoms with Gasteiger partial charge in [-0.3, -0.25) is 4.79 Å². The molecular formula is C23H24N2O3. The molecule has 0 saturated carbocycles. The maximum atomic E-state index is 12.5. The van der Waals surface area contributed by atoms with Gasteiger partial charge in [-0.25, -0.2) is 4.79 Å². The lowest BCUT2D eigenvalue weighted by Gasteiger charge is -2.20. The zero-order chi connectivity index (χ0) is 19.9. The van der Waals surface area contributed by atoms with Crippen LogP contribution in [-0.2, 0) is 16.1 Å². The number of amides is 2. The second-order valence-corrected chi connectivity index (χ2v) is 6.73. The van der Waals surface area contributed by atoms with Crippen LogP contribution in [0.3, 0.4) is 0 Å². The quantitative estimate of drug-likeness (QED) is 0.673. The molecule has 3 rings (SSSR count). The molecule has 2 N–H and O–H groups in total. The molecule has 5 heteroatoms. The molecule has 3 aromatic rings. The molecule has 5 nitrogen and oxygen atoms in total. The highest BCUT2D eigenvalue weighted by molar-refractivity contribution is 5.88. The lowest BCUT2D eigenvalue weighted by molar-refractivity contribution is -0.123. The number of rotatable bonds is 6. The third-order valence-corrected chi connectivity index (χ3v) is 4.59. The van der Waals surface area contributed by atoms with Gasteiger partial charge < -0.3 is 15.4 Å². The van der Waals surface area contributed by atoms with Crippen molar-refractivity contribution in [2.45, 2.75) is 32.5 Å². The maximum absolute atomic E-state index is 12.5. The summed E-state index contributed by atoms with van der Waals surface area (Å²) in [6.07, 6.45) is -0.621. The van der Waals surface area contributed by atoms with Crippen LogP contribution in [0.25, 0.3) is 10.8 Å². The van der Waals surface area contributed by atoms with E-state index in [1.807, 2.05) is 79.7 Å². The van der Waals surface area contributed by atoms with Crippen molar-refractivity contribution in [2.24, 2.45) is 0 Å². The Morgan fingerprint density at radius 3 is 2.32 bits per heavy atom. The average molecular weight is 376 g/mol. The number of carbonyl (C=O) groups is 2. The third kappa shape index (κ3) is 4.88. The number of fused-ring (bicyclic) bond motifs is 1. The van der Waals surface area contributed by atoms with Gasteiger partial charge in [0.15, 0.2) is 0 Å². The highest BCUT2D eigenvalue weighted by Gasteiger charge is 2.19. The lowest BCUT2D eigenvalue weighted by Crippen LogP contribution is -2.45. The fourth-order valence-corrected chi connectivity index (χ4v) is 3.05. The van der Waals surface area contributed by atoms with Gasteiger partial charge in [0.25, 0.3) is 0 Å². The van der Waals surface area contributed by atoms with Gasteiger partial charge in [-0.1, -0.05) is 72.8 Å². The molecule has 0 bridgehead atoms. The second-order valence-electron chi connectivity index (χ2n) is 6.73. The van der Waals surface area contributed by atoms with Crippen LogP contribution in [0.4, 0.5) is 4.79 Å². The van der Waals surface area contributed by atoms with Crippen LogP contribution in [-0.4, -0.2) is 18.0 Å². The van der Waals surface area contributed by atoms with Crippen LogP contribution in [0.15, 0.2) is 72.8 Å². The van der Waals surface area contributed by atoms with E-state index >= 15 is 0 Å². The lowest BCUT2D eigenvalue weighted by atomic mass is 9.99. The zero-order valence-electron chi connectivity index (χ0n) is 16.0. The molecule has 3 aromatic carbocycles. The minimum absolute atomic E-state index is 0.160. The summed E-state index contributed by atoms with van der Waals surface area (Å²) in [7, 11) is 0. The first-order valence-corrected chi connectivity index (χ1v) is 9.30. The van der Waals surface area contributed by atoms with Gasteiger partial charge in [0.05, 0.1) is 6.04 Å². The normalized spacial score (nSPS) is 12.8. The number of ether oxygens (including phenoxy) is 1. The summed E-state index contributed by atoms with van der Waals surface area (Å²) in [5.74, 6) is -0.267. The summed E-state index contributed by atoms with van der Waals surface area (Å²) in [6.45, 7) is 3.72. The Kier molecular flexibility index (Phi) is 6.27. The van der Waals surface area contributed by atoms with Crippen LogP contribution in [0.2, 0.25) is 0 Å². The highest BCUT2D eigenvalue weighted by Crippen LogP contribution is 2.24. The van der Waals surface area contributed by atoms with Gasteiger partial charge >= 0.3 is 6.09 Å². The summed E-state index contributed by atoms with van der Waals surface area (Å²) >= 11 is 0. The molecule has 0 aliphatic carbocycles. The van der Waals surface area contributed by atoms with Crippen molar-refractivity contribution < 1.29 is 14.3 Å². The van der Waals surface area contributed by atoms with E-state index in [0.717, 1.165) is 21.9 Å². The molecular weight excluding hydrogens is 352 g/mol. The van der Waals surface area contributed by atoms with Crippen LogP contribution in [0.5, 0.6) is 0 Å². The monoisotopic (exact) mass is 376 g/mol. The SMILES string of the molecule is C[C@H](NC(=O)[C@@H](C)NC(=O)OCc1ccccc1)c1cccc2ccccc12. The van der Waals surface area contributed by atoms with Crippen molar-refractivity contribution >= 4 is 22.8 Å². The Morgan fingerprint density at radius 2 is 1.54 bits per heavy atom. The Labute approximate surface area is 164 Å². The van der Waals surface area contributed by atoms with Gasteiger partial charge in [-0.15, -0.1) is 0 Å². The van der Waals surface area contributed by atoms with E-state index in [9.17, 15) is 9.59 Å². The number of alkyl carbamates (subject to hydrolysis) is 1. The Bertz CT molecular complexity index is 951. The maximum Gasteiger partial charge on any atom is 0.408 e. The van der Waals surface area contributed by atoms with Crippen LogP contribution < -0.4 is 10.6 Å². The van der Waals surface area contributed by atoms with Gasteiger partial charge in [-0.05, 0) is 35.7 Å². The molecule has 2 amide bonds. The molecule has 28 heavy (non-hydrogen) atoms. The number of hydrogen-bond acceptors (Lipinski definition) is 3. The fourth-order valence-electron chi connectivity index (χ4n) is 3.05. The Balaban J connectivity index is 1.55. The van der Waals surface area contributed by atoms with Gasteiger partial charge in [0, 0.05) is 0 Å². The first-order chi connectivity index (χ1) is 13.5. The van der Waals surface area contributed by atoms with E-state index in [-0.39, 0.29) is 18.6 Å². The van der Waals surface area contributed by atoms with Gasteiger partial charge in [-0.2, -0.15) is 0 Å². The molecule has 0 fully saturated rings. The molecule has 0 unspecified atom stereocenters. The van der Waals surface area contributed by atoms with Gasteiger partial charge in [0.1, 0.15) is 12.6 Å². The van der Waals surface area contributed by atoms with Crippen molar-refractivity contribution in [1.29, 1.82) is 0 Å². The zero-order valence-corrected chi connectivity index (χ0v) is 16.0. The average Bonchev–Trinajstić information content (AvgIpc) is 2.72. The van der Waals surface area contributed by atoms with E-state index in [4.69, 9.17) is 4.74 Å². The van der Waals surface area contributed by atoms with E-state index in [0.29, 0.717) is 0 Å². The van der Waals surface area contributed by atoms with Crippen LogP contribution in [0, 0.1) is 0 Å². The van der Waals surface area contributed by atoms with Gasteiger partial charge in [0.2, 0.25) is 5.91 Å². The summed E-state index contributed by atoms with van der Waals surface area (Å²) in [4.78, 5) is 24.4. The highest BCUT2D eigenvalue weighted by atomic mass is 16.5.